The molecule has 0 aliphatic heterocycles. The third kappa shape index (κ3) is 3.01. The molecule has 0 aromatic carbocycles. The minimum Gasteiger partial charge on any atom is -0.389 e. The van der Waals surface area contributed by atoms with E-state index in [9.17, 15) is 10.2 Å². The van der Waals surface area contributed by atoms with Gasteiger partial charge >= 0.3 is 0 Å². The standard InChI is InChI=1S/C11H14N2O2/c1-7-5-9(6-8(2)13-7)11(15)10(14)3-4-12/h5-6,10-11,14-15H,3H2,1-2H3. The minimum atomic E-state index is -1.05. The molecule has 1 heterocycles. The van der Waals surface area contributed by atoms with Gasteiger partial charge in [0.15, 0.2) is 0 Å². The van der Waals surface area contributed by atoms with Crippen LogP contribution in [0.25, 0.3) is 0 Å². The van der Waals surface area contributed by atoms with E-state index in [1.807, 2.05) is 19.9 Å². The molecule has 1 aromatic heterocycles. The van der Waals surface area contributed by atoms with E-state index < -0.39 is 12.2 Å². The second-order valence-corrected chi connectivity index (χ2v) is 3.56. The van der Waals surface area contributed by atoms with Gasteiger partial charge in [0.05, 0.1) is 18.6 Å². The van der Waals surface area contributed by atoms with Gasteiger partial charge in [-0.15, -0.1) is 0 Å². The molecule has 0 spiro atoms. The van der Waals surface area contributed by atoms with Crippen LogP contribution in [0.2, 0.25) is 0 Å². The molecule has 0 amide bonds. The van der Waals surface area contributed by atoms with Crippen LogP contribution in [-0.4, -0.2) is 21.3 Å². The van der Waals surface area contributed by atoms with Crippen molar-refractivity contribution in [2.24, 2.45) is 0 Å². The minimum absolute atomic E-state index is 0.0818. The molecule has 0 radical (unpaired) electrons. The van der Waals surface area contributed by atoms with E-state index in [0.29, 0.717) is 5.56 Å². The van der Waals surface area contributed by atoms with Gasteiger partial charge in [0.2, 0.25) is 0 Å². The van der Waals surface area contributed by atoms with Gasteiger partial charge in [-0.1, -0.05) is 0 Å². The summed E-state index contributed by atoms with van der Waals surface area (Å²) in [5, 5.41) is 27.6. The Morgan fingerprint density at radius 1 is 1.33 bits per heavy atom. The Balaban J connectivity index is 2.91. The molecule has 1 aromatic rings. The summed E-state index contributed by atoms with van der Waals surface area (Å²) in [5.74, 6) is 0. The van der Waals surface area contributed by atoms with Crippen LogP contribution in [0.3, 0.4) is 0 Å². The largest absolute Gasteiger partial charge is 0.389 e. The van der Waals surface area contributed by atoms with Gasteiger partial charge in [-0.25, -0.2) is 0 Å². The fraction of sp³-hybridized carbons (Fsp3) is 0.455. The highest BCUT2D eigenvalue weighted by atomic mass is 16.3. The number of aromatic nitrogens is 1. The van der Waals surface area contributed by atoms with Crippen molar-refractivity contribution >= 4 is 0 Å². The number of aliphatic hydroxyl groups excluding tert-OH is 2. The maximum atomic E-state index is 9.74. The highest BCUT2D eigenvalue weighted by molar-refractivity contribution is 5.23. The Labute approximate surface area is 88.8 Å². The van der Waals surface area contributed by atoms with Crippen molar-refractivity contribution < 1.29 is 10.2 Å². The summed E-state index contributed by atoms with van der Waals surface area (Å²) in [5.41, 5.74) is 2.17. The van der Waals surface area contributed by atoms with Crippen LogP contribution in [0.1, 0.15) is 29.5 Å². The van der Waals surface area contributed by atoms with Crippen molar-refractivity contribution in [1.82, 2.24) is 4.98 Å². The molecule has 0 fully saturated rings. The van der Waals surface area contributed by atoms with E-state index in [1.165, 1.54) is 0 Å². The summed E-state index contributed by atoms with van der Waals surface area (Å²) in [4.78, 5) is 4.16. The van der Waals surface area contributed by atoms with Crippen LogP contribution in [0.5, 0.6) is 0 Å². The Hall–Kier alpha value is -1.44. The average molecular weight is 206 g/mol. The predicted octanol–water partition coefficient (Wildman–Crippen LogP) is 1.01. The van der Waals surface area contributed by atoms with Gasteiger partial charge in [-0.05, 0) is 31.5 Å². The van der Waals surface area contributed by atoms with Crippen molar-refractivity contribution in [1.29, 1.82) is 5.26 Å². The summed E-state index contributed by atoms with van der Waals surface area (Å²) in [7, 11) is 0. The van der Waals surface area contributed by atoms with Gasteiger partial charge in [0, 0.05) is 11.4 Å². The lowest BCUT2D eigenvalue weighted by Gasteiger charge is -2.16. The summed E-state index contributed by atoms with van der Waals surface area (Å²) >= 11 is 0. The zero-order valence-electron chi connectivity index (χ0n) is 8.81. The smallest absolute Gasteiger partial charge is 0.106 e. The summed E-state index contributed by atoms with van der Waals surface area (Å²) < 4.78 is 0. The zero-order chi connectivity index (χ0) is 11.4. The number of nitrogens with zero attached hydrogens (tertiary/aromatic N) is 2. The Morgan fingerprint density at radius 2 is 1.87 bits per heavy atom. The molecule has 0 saturated heterocycles. The molecular weight excluding hydrogens is 192 g/mol. The summed E-state index contributed by atoms with van der Waals surface area (Å²) in [6.07, 6.45) is -2.15. The van der Waals surface area contributed by atoms with Gasteiger partial charge in [0.25, 0.3) is 0 Å². The van der Waals surface area contributed by atoms with E-state index in [0.717, 1.165) is 11.4 Å². The monoisotopic (exact) mass is 206 g/mol. The van der Waals surface area contributed by atoms with Crippen LogP contribution in [0.4, 0.5) is 0 Å². The number of hydrogen-bond acceptors (Lipinski definition) is 4. The number of hydrogen-bond donors (Lipinski definition) is 2. The molecule has 0 bridgehead atoms. The van der Waals surface area contributed by atoms with Crippen LogP contribution in [0.15, 0.2) is 12.1 Å². The van der Waals surface area contributed by atoms with E-state index in [-0.39, 0.29) is 6.42 Å². The van der Waals surface area contributed by atoms with Gasteiger partial charge < -0.3 is 10.2 Å². The maximum absolute atomic E-state index is 9.74. The van der Waals surface area contributed by atoms with Crippen LogP contribution in [-0.2, 0) is 0 Å². The van der Waals surface area contributed by atoms with E-state index in [2.05, 4.69) is 4.98 Å². The molecule has 0 aliphatic carbocycles. The molecular formula is C11H14N2O2. The van der Waals surface area contributed by atoms with Gasteiger partial charge in [-0.3, -0.25) is 4.98 Å². The second kappa shape index (κ2) is 4.87. The van der Waals surface area contributed by atoms with Crippen molar-refractivity contribution in [2.75, 3.05) is 0 Å². The van der Waals surface area contributed by atoms with Crippen molar-refractivity contribution in [3.05, 3.63) is 29.1 Å². The third-order valence-corrected chi connectivity index (χ3v) is 2.11. The Morgan fingerprint density at radius 3 is 2.33 bits per heavy atom. The molecule has 0 saturated carbocycles. The molecule has 80 valence electrons. The highest BCUT2D eigenvalue weighted by Crippen LogP contribution is 2.19. The van der Waals surface area contributed by atoms with Crippen LogP contribution >= 0.6 is 0 Å². The molecule has 0 aliphatic rings. The topological polar surface area (TPSA) is 77.1 Å². The van der Waals surface area contributed by atoms with Crippen molar-refractivity contribution in [3.8, 4) is 6.07 Å². The number of rotatable bonds is 3. The normalized spacial score (nSPS) is 14.3. The first-order valence-corrected chi connectivity index (χ1v) is 4.73. The van der Waals surface area contributed by atoms with Crippen molar-refractivity contribution in [3.63, 3.8) is 0 Å². The predicted molar refractivity (Wildman–Crippen MR) is 54.9 cm³/mol. The Kier molecular flexibility index (Phi) is 3.78. The van der Waals surface area contributed by atoms with Gasteiger partial charge in [-0.2, -0.15) is 5.26 Å². The number of nitriles is 1. The van der Waals surface area contributed by atoms with Crippen molar-refractivity contribution in [2.45, 2.75) is 32.5 Å². The lowest BCUT2D eigenvalue weighted by atomic mass is 10.0. The first kappa shape index (κ1) is 11.6. The fourth-order valence-corrected chi connectivity index (χ4v) is 1.46. The number of aliphatic hydroxyl groups is 2. The molecule has 4 nitrogen and oxygen atoms in total. The second-order valence-electron chi connectivity index (χ2n) is 3.56. The number of aryl methyl sites for hydroxylation is 2. The van der Waals surface area contributed by atoms with E-state index in [4.69, 9.17) is 5.26 Å². The maximum Gasteiger partial charge on any atom is 0.106 e. The third-order valence-electron chi connectivity index (χ3n) is 2.11. The Bertz CT molecular complexity index is 364. The van der Waals surface area contributed by atoms with Crippen LogP contribution < -0.4 is 0 Å². The average Bonchev–Trinajstić information content (AvgIpc) is 2.15. The van der Waals surface area contributed by atoms with Gasteiger partial charge in [0.1, 0.15) is 6.10 Å². The number of pyridine rings is 1. The highest BCUT2D eigenvalue weighted by Gasteiger charge is 2.18. The lowest BCUT2D eigenvalue weighted by molar-refractivity contribution is 0.0215. The molecule has 2 N–H and O–H groups in total. The SMILES string of the molecule is Cc1cc(C(O)C(O)CC#N)cc(C)n1. The zero-order valence-corrected chi connectivity index (χ0v) is 8.81. The fourth-order valence-electron chi connectivity index (χ4n) is 1.46. The molecule has 4 heteroatoms. The quantitative estimate of drug-likeness (QED) is 0.773. The van der Waals surface area contributed by atoms with Crippen LogP contribution in [0, 0.1) is 25.2 Å². The molecule has 15 heavy (non-hydrogen) atoms. The summed E-state index contributed by atoms with van der Waals surface area (Å²) in [6.45, 7) is 3.64. The van der Waals surface area contributed by atoms with E-state index >= 15 is 0 Å². The molecule has 1 rings (SSSR count). The van der Waals surface area contributed by atoms with E-state index in [1.54, 1.807) is 12.1 Å². The summed E-state index contributed by atoms with van der Waals surface area (Å²) in [6, 6.07) is 5.23. The molecule has 2 atom stereocenters. The first-order chi connectivity index (χ1) is 7.04. The lowest BCUT2D eigenvalue weighted by Crippen LogP contribution is -2.17. The molecule has 2 unspecified atom stereocenters. The first-order valence-electron chi connectivity index (χ1n) is 4.73.